The van der Waals surface area contributed by atoms with Crippen LogP contribution in [0.5, 0.6) is 0 Å². The number of hydrogen-bond acceptors (Lipinski definition) is 2. The second kappa shape index (κ2) is 5.85. The minimum atomic E-state index is -0.147. The Balaban J connectivity index is 2.08. The van der Waals surface area contributed by atoms with Gasteiger partial charge in [-0.05, 0) is 0 Å². The molecule has 0 N–H and O–H groups in total. The van der Waals surface area contributed by atoms with Gasteiger partial charge < -0.3 is 0 Å². The number of carbonyl (C=O) groups excluding carboxylic acids is 1. The molecule has 0 spiro atoms. The summed E-state index contributed by atoms with van der Waals surface area (Å²) in [4.78, 5) is 14.1. The van der Waals surface area contributed by atoms with Crippen molar-refractivity contribution < 1.29 is 4.79 Å². The molecule has 0 fully saturated rings. The molecule has 18 heavy (non-hydrogen) atoms. The zero-order valence-electron chi connectivity index (χ0n) is 10.5. The summed E-state index contributed by atoms with van der Waals surface area (Å²) < 4.78 is 1.34. The van der Waals surface area contributed by atoms with Crippen LogP contribution in [0, 0.1) is 0 Å². The van der Waals surface area contributed by atoms with E-state index < -0.39 is 0 Å². The van der Waals surface area contributed by atoms with Crippen LogP contribution in [0.4, 0.5) is 5.69 Å². The molecule has 0 saturated carbocycles. The molecule has 0 heterocycles. The number of hydrogen-bond donors (Lipinski definition) is 0. The van der Waals surface area contributed by atoms with Gasteiger partial charge >= 0.3 is 114 Å². The SMILES string of the molecule is CN(C)c1ccc([Se]C(=O)c2ccccc2)cc1. The average molecular weight is 304 g/mol. The van der Waals surface area contributed by atoms with Gasteiger partial charge in [-0.3, -0.25) is 0 Å². The van der Waals surface area contributed by atoms with Gasteiger partial charge in [0, 0.05) is 0 Å². The normalized spacial score (nSPS) is 10.1. The first-order valence-corrected chi connectivity index (χ1v) is 7.43. The van der Waals surface area contributed by atoms with Crippen molar-refractivity contribution in [2.45, 2.75) is 0 Å². The Labute approximate surface area is 114 Å². The molecule has 0 aliphatic heterocycles. The summed E-state index contributed by atoms with van der Waals surface area (Å²) in [6, 6.07) is 17.7. The first-order valence-electron chi connectivity index (χ1n) is 5.71. The Morgan fingerprint density at radius 2 is 1.56 bits per heavy atom. The molecule has 0 unspecified atom stereocenters. The molecule has 0 radical (unpaired) electrons. The molecule has 0 bridgehead atoms. The van der Waals surface area contributed by atoms with Crippen LogP contribution >= 0.6 is 0 Å². The van der Waals surface area contributed by atoms with E-state index in [2.05, 4.69) is 17.0 Å². The topological polar surface area (TPSA) is 20.3 Å². The predicted molar refractivity (Wildman–Crippen MR) is 76.9 cm³/mol. The molecule has 2 nitrogen and oxygen atoms in total. The predicted octanol–water partition coefficient (Wildman–Crippen LogP) is 1.92. The van der Waals surface area contributed by atoms with E-state index in [1.165, 1.54) is 0 Å². The summed E-state index contributed by atoms with van der Waals surface area (Å²) in [6.45, 7) is 0. The first kappa shape index (κ1) is 12.9. The fourth-order valence-electron chi connectivity index (χ4n) is 1.55. The molecule has 0 aliphatic carbocycles. The monoisotopic (exact) mass is 305 g/mol. The molecular formula is C15H15NOSe. The number of carbonyl (C=O) groups is 1. The van der Waals surface area contributed by atoms with E-state index in [9.17, 15) is 4.79 Å². The van der Waals surface area contributed by atoms with Gasteiger partial charge in [0.25, 0.3) is 0 Å². The fourth-order valence-corrected chi connectivity index (χ4v) is 3.11. The zero-order chi connectivity index (χ0) is 13.0. The molecule has 2 aromatic carbocycles. The van der Waals surface area contributed by atoms with Crippen molar-refractivity contribution in [1.82, 2.24) is 0 Å². The first-order chi connectivity index (χ1) is 8.66. The second-order valence-electron chi connectivity index (χ2n) is 4.14. The Morgan fingerprint density at radius 1 is 0.944 bits per heavy atom. The van der Waals surface area contributed by atoms with Crippen molar-refractivity contribution in [2.24, 2.45) is 0 Å². The van der Waals surface area contributed by atoms with Gasteiger partial charge in [-0.1, -0.05) is 0 Å². The summed E-state index contributed by atoms with van der Waals surface area (Å²) >= 11 is -0.147. The molecule has 0 aliphatic rings. The molecule has 0 aromatic heterocycles. The molecule has 2 aromatic rings. The summed E-state index contributed by atoms with van der Waals surface area (Å²) in [5.74, 6) is 0. The van der Waals surface area contributed by atoms with Gasteiger partial charge in [-0.25, -0.2) is 0 Å². The third-order valence-electron chi connectivity index (χ3n) is 2.57. The van der Waals surface area contributed by atoms with Crippen LogP contribution in [0.15, 0.2) is 54.6 Å². The van der Waals surface area contributed by atoms with Crippen molar-refractivity contribution in [3.8, 4) is 0 Å². The van der Waals surface area contributed by atoms with Gasteiger partial charge in [0.2, 0.25) is 0 Å². The second-order valence-corrected chi connectivity index (χ2v) is 6.34. The average Bonchev–Trinajstić information content (AvgIpc) is 2.40. The van der Waals surface area contributed by atoms with Crippen LogP contribution in [-0.2, 0) is 0 Å². The standard InChI is InChI=1S/C15H15NOSe/c1-16(2)13-8-10-14(11-9-13)18-15(17)12-6-4-3-5-7-12/h3-11H,1-2H3. The number of benzene rings is 2. The van der Waals surface area contributed by atoms with Gasteiger partial charge in [-0.15, -0.1) is 0 Å². The fraction of sp³-hybridized carbons (Fsp3) is 0.133. The Bertz CT molecular complexity index is 520. The quantitative estimate of drug-likeness (QED) is 0.805. The van der Waals surface area contributed by atoms with Crippen molar-refractivity contribution in [3.63, 3.8) is 0 Å². The molecule has 0 amide bonds. The van der Waals surface area contributed by atoms with E-state index in [1.54, 1.807) is 0 Å². The van der Waals surface area contributed by atoms with Crippen LogP contribution in [0.3, 0.4) is 0 Å². The third kappa shape index (κ3) is 3.22. The maximum atomic E-state index is 12.1. The molecule has 92 valence electrons. The number of anilines is 1. The molecule has 0 atom stereocenters. The van der Waals surface area contributed by atoms with Crippen molar-refractivity contribution in [2.75, 3.05) is 19.0 Å². The molecule has 2 rings (SSSR count). The Hall–Kier alpha value is -1.57. The van der Waals surface area contributed by atoms with E-state index >= 15 is 0 Å². The van der Waals surface area contributed by atoms with Gasteiger partial charge in [0.1, 0.15) is 0 Å². The van der Waals surface area contributed by atoms with Crippen molar-refractivity contribution in [1.29, 1.82) is 0 Å². The molecular weight excluding hydrogens is 289 g/mol. The van der Waals surface area contributed by atoms with E-state index in [1.807, 2.05) is 56.6 Å². The maximum absolute atomic E-state index is 12.1. The summed E-state index contributed by atoms with van der Waals surface area (Å²) in [7, 11) is 4.02. The zero-order valence-corrected chi connectivity index (χ0v) is 12.2. The van der Waals surface area contributed by atoms with Crippen molar-refractivity contribution >= 4 is 29.8 Å². The van der Waals surface area contributed by atoms with E-state index in [0.29, 0.717) is 0 Å². The summed E-state index contributed by atoms with van der Waals surface area (Å²) in [5.41, 5.74) is 1.95. The van der Waals surface area contributed by atoms with E-state index in [-0.39, 0.29) is 19.6 Å². The Kier molecular flexibility index (Phi) is 4.19. The van der Waals surface area contributed by atoms with Gasteiger partial charge in [-0.2, -0.15) is 0 Å². The third-order valence-corrected chi connectivity index (χ3v) is 4.52. The van der Waals surface area contributed by atoms with Crippen LogP contribution in [0.2, 0.25) is 0 Å². The summed E-state index contributed by atoms with van der Waals surface area (Å²) in [6.07, 6.45) is 0. The van der Waals surface area contributed by atoms with Crippen molar-refractivity contribution in [3.05, 3.63) is 60.2 Å². The van der Waals surface area contributed by atoms with Gasteiger partial charge in [0.15, 0.2) is 0 Å². The Morgan fingerprint density at radius 3 is 2.11 bits per heavy atom. The number of rotatable bonds is 4. The van der Waals surface area contributed by atoms with Crippen LogP contribution < -0.4 is 9.36 Å². The number of nitrogens with zero attached hydrogens (tertiary/aromatic N) is 1. The van der Waals surface area contributed by atoms with Gasteiger partial charge in [0.05, 0.1) is 0 Å². The molecule has 3 heteroatoms. The van der Waals surface area contributed by atoms with Crippen LogP contribution in [-0.4, -0.2) is 33.7 Å². The minimum absolute atomic E-state index is 0.147. The van der Waals surface area contributed by atoms with Crippen LogP contribution in [0.25, 0.3) is 0 Å². The van der Waals surface area contributed by atoms with E-state index in [4.69, 9.17) is 0 Å². The van der Waals surface area contributed by atoms with Crippen LogP contribution in [0.1, 0.15) is 10.4 Å². The van der Waals surface area contributed by atoms with E-state index in [0.717, 1.165) is 15.7 Å². The summed E-state index contributed by atoms with van der Waals surface area (Å²) in [5, 5.41) is 0. The molecule has 0 saturated heterocycles.